The second-order valence-electron chi connectivity index (χ2n) is 5.97. The molecular weight excluding hydrogens is 410 g/mol. The van der Waals surface area contributed by atoms with Crippen molar-refractivity contribution < 1.29 is 22.0 Å². The van der Waals surface area contributed by atoms with E-state index in [-0.39, 0.29) is 22.1 Å². The molecule has 2 aromatic carbocycles. The lowest BCUT2D eigenvalue weighted by Crippen LogP contribution is -2.29. The fourth-order valence-electron chi connectivity index (χ4n) is 2.96. The molecule has 2 heterocycles. The van der Waals surface area contributed by atoms with Crippen LogP contribution in [0.3, 0.4) is 0 Å². The van der Waals surface area contributed by atoms with Crippen LogP contribution < -0.4 is 9.62 Å². The Morgan fingerprint density at radius 1 is 1.18 bits per heavy atom. The zero-order valence-corrected chi connectivity index (χ0v) is 15.7. The number of amides is 1. The lowest BCUT2D eigenvalue weighted by Gasteiger charge is -2.18. The van der Waals surface area contributed by atoms with Crippen LogP contribution in [0.25, 0.3) is 0 Å². The van der Waals surface area contributed by atoms with Gasteiger partial charge in [-0.1, -0.05) is 0 Å². The highest BCUT2D eigenvalue weighted by atomic mass is 32.2. The average Bonchev–Trinajstić information content (AvgIpc) is 3.29. The van der Waals surface area contributed by atoms with Gasteiger partial charge in [-0.3, -0.25) is 9.52 Å². The maximum Gasteiger partial charge on any atom is 0.263 e. The van der Waals surface area contributed by atoms with E-state index in [0.717, 1.165) is 23.7 Å². The SMILES string of the molecule is O=C(c1ccc(F)cc1F)N1CCc2cc(S(=O)(=O)Nc3ncns3)ccc21. The van der Waals surface area contributed by atoms with E-state index in [4.69, 9.17) is 0 Å². The third-order valence-corrected chi connectivity index (χ3v) is 6.29. The quantitative estimate of drug-likeness (QED) is 0.698. The van der Waals surface area contributed by atoms with Crippen LogP contribution in [0.2, 0.25) is 0 Å². The number of anilines is 2. The molecule has 1 aliphatic rings. The van der Waals surface area contributed by atoms with Gasteiger partial charge in [0.05, 0.1) is 10.5 Å². The van der Waals surface area contributed by atoms with Crippen molar-refractivity contribution in [3.8, 4) is 0 Å². The Labute approximate surface area is 162 Å². The van der Waals surface area contributed by atoms with Gasteiger partial charge in [0.1, 0.15) is 18.0 Å². The van der Waals surface area contributed by atoms with Crippen molar-refractivity contribution in [3.05, 3.63) is 65.5 Å². The molecule has 4 rings (SSSR count). The number of halogens is 2. The molecule has 0 unspecified atom stereocenters. The van der Waals surface area contributed by atoms with E-state index in [1.54, 1.807) is 0 Å². The predicted molar refractivity (Wildman–Crippen MR) is 98.9 cm³/mol. The first-order valence-corrected chi connectivity index (χ1v) is 10.3. The molecule has 0 spiro atoms. The Hall–Kier alpha value is -2.92. The van der Waals surface area contributed by atoms with Gasteiger partial charge in [0.15, 0.2) is 0 Å². The van der Waals surface area contributed by atoms with Gasteiger partial charge in [-0.15, -0.1) is 0 Å². The van der Waals surface area contributed by atoms with Crippen LogP contribution in [0.5, 0.6) is 0 Å². The number of carbonyl (C=O) groups is 1. The summed E-state index contributed by atoms with van der Waals surface area (Å²) in [5.74, 6) is -2.33. The third-order valence-electron chi connectivity index (χ3n) is 4.25. The van der Waals surface area contributed by atoms with Crippen molar-refractivity contribution in [2.75, 3.05) is 16.2 Å². The van der Waals surface area contributed by atoms with Crippen LogP contribution in [0.1, 0.15) is 15.9 Å². The summed E-state index contributed by atoms with van der Waals surface area (Å²) >= 11 is 0.908. The van der Waals surface area contributed by atoms with E-state index < -0.39 is 27.6 Å². The fraction of sp³-hybridized carbons (Fsp3) is 0.118. The number of carbonyl (C=O) groups excluding carboxylic acids is 1. The van der Waals surface area contributed by atoms with Crippen LogP contribution in [0.4, 0.5) is 19.6 Å². The molecule has 0 saturated heterocycles. The van der Waals surface area contributed by atoms with Crippen molar-refractivity contribution in [3.63, 3.8) is 0 Å². The second-order valence-corrected chi connectivity index (χ2v) is 8.44. The normalized spacial score (nSPS) is 13.4. The highest BCUT2D eigenvalue weighted by Crippen LogP contribution is 2.32. The number of nitrogens with one attached hydrogen (secondary N) is 1. The highest BCUT2D eigenvalue weighted by molar-refractivity contribution is 7.93. The molecule has 11 heteroatoms. The van der Waals surface area contributed by atoms with Crippen LogP contribution in [0.15, 0.2) is 47.6 Å². The standard InChI is InChI=1S/C17H12F2N4O3S2/c18-11-1-3-13(14(19)8-11)16(24)23-6-5-10-7-12(2-4-15(10)23)28(25,26)22-17-20-9-21-27-17/h1-4,7-9H,5-6H2,(H,20,21,22). The number of fused-ring (bicyclic) bond motifs is 1. The lowest BCUT2D eigenvalue weighted by molar-refractivity contribution is 0.0985. The molecule has 0 aliphatic carbocycles. The van der Waals surface area contributed by atoms with Crippen molar-refractivity contribution in [1.82, 2.24) is 9.36 Å². The summed E-state index contributed by atoms with van der Waals surface area (Å²) in [6.07, 6.45) is 1.65. The number of benzene rings is 2. The first-order valence-electron chi connectivity index (χ1n) is 8.04. The molecular formula is C17H12F2N4O3S2. The largest absolute Gasteiger partial charge is 0.308 e. The number of rotatable bonds is 4. The minimum atomic E-state index is -3.85. The summed E-state index contributed by atoms with van der Waals surface area (Å²) < 4.78 is 58.0. The van der Waals surface area contributed by atoms with E-state index in [2.05, 4.69) is 14.1 Å². The summed E-state index contributed by atoms with van der Waals surface area (Å²) in [6.45, 7) is 0.262. The number of hydrogen-bond acceptors (Lipinski definition) is 6. The molecule has 1 aliphatic heterocycles. The summed E-state index contributed by atoms with van der Waals surface area (Å²) in [5, 5.41) is 0.143. The van der Waals surface area contributed by atoms with Gasteiger partial charge >= 0.3 is 0 Å². The Morgan fingerprint density at radius 2 is 2.00 bits per heavy atom. The van der Waals surface area contributed by atoms with Crippen LogP contribution >= 0.6 is 11.5 Å². The molecule has 0 saturated carbocycles. The topological polar surface area (TPSA) is 92.3 Å². The van der Waals surface area contributed by atoms with Gasteiger partial charge < -0.3 is 4.90 Å². The van der Waals surface area contributed by atoms with Gasteiger partial charge in [-0.25, -0.2) is 22.2 Å². The first-order chi connectivity index (χ1) is 13.3. The molecule has 3 aromatic rings. The average molecular weight is 422 g/mol. The zero-order chi connectivity index (χ0) is 19.9. The molecule has 0 atom stereocenters. The van der Waals surface area contributed by atoms with Crippen LogP contribution in [-0.2, 0) is 16.4 Å². The van der Waals surface area contributed by atoms with Crippen molar-refractivity contribution in [2.24, 2.45) is 0 Å². The van der Waals surface area contributed by atoms with Gasteiger partial charge in [-0.2, -0.15) is 4.37 Å². The van der Waals surface area contributed by atoms with E-state index in [0.29, 0.717) is 23.7 Å². The van der Waals surface area contributed by atoms with Gasteiger partial charge in [0.25, 0.3) is 15.9 Å². The number of hydrogen-bond donors (Lipinski definition) is 1. The molecule has 0 bridgehead atoms. The molecule has 144 valence electrons. The first kappa shape index (κ1) is 18.4. The van der Waals surface area contributed by atoms with Crippen LogP contribution in [-0.4, -0.2) is 30.2 Å². The Balaban J connectivity index is 1.62. The van der Waals surface area contributed by atoms with Crippen molar-refractivity contribution >= 4 is 38.3 Å². The Kier molecular flexibility index (Phi) is 4.55. The Morgan fingerprint density at radius 3 is 2.71 bits per heavy atom. The molecule has 7 nitrogen and oxygen atoms in total. The molecule has 1 aromatic heterocycles. The van der Waals surface area contributed by atoms with E-state index in [1.165, 1.54) is 29.4 Å². The van der Waals surface area contributed by atoms with E-state index >= 15 is 0 Å². The van der Waals surface area contributed by atoms with E-state index in [1.807, 2.05) is 0 Å². The summed E-state index contributed by atoms with van der Waals surface area (Å²) in [7, 11) is -3.85. The van der Waals surface area contributed by atoms with Gasteiger partial charge in [-0.05, 0) is 42.3 Å². The third kappa shape index (κ3) is 3.34. The second kappa shape index (κ2) is 6.91. The minimum absolute atomic E-state index is 0.0173. The zero-order valence-electron chi connectivity index (χ0n) is 14.1. The summed E-state index contributed by atoms with van der Waals surface area (Å²) in [4.78, 5) is 17.8. The monoisotopic (exact) mass is 422 g/mol. The molecule has 28 heavy (non-hydrogen) atoms. The minimum Gasteiger partial charge on any atom is -0.308 e. The Bertz CT molecular complexity index is 1170. The molecule has 1 N–H and O–H groups in total. The van der Waals surface area contributed by atoms with Gasteiger partial charge in [0.2, 0.25) is 5.13 Å². The van der Waals surface area contributed by atoms with Crippen LogP contribution in [0, 0.1) is 11.6 Å². The molecule has 0 fully saturated rings. The van der Waals surface area contributed by atoms with Crippen molar-refractivity contribution in [1.29, 1.82) is 0 Å². The smallest absolute Gasteiger partial charge is 0.263 e. The molecule has 1 amide bonds. The molecule has 0 radical (unpaired) electrons. The van der Waals surface area contributed by atoms with E-state index in [9.17, 15) is 22.0 Å². The van der Waals surface area contributed by atoms with Gasteiger partial charge in [0, 0.05) is 29.8 Å². The highest BCUT2D eigenvalue weighted by Gasteiger charge is 2.29. The maximum absolute atomic E-state index is 13.9. The number of nitrogens with zero attached hydrogens (tertiary/aromatic N) is 3. The maximum atomic E-state index is 13.9. The fourth-order valence-corrected chi connectivity index (χ4v) is 4.67. The summed E-state index contributed by atoms with van der Waals surface area (Å²) in [5.41, 5.74) is 0.878. The predicted octanol–water partition coefficient (Wildman–Crippen LogP) is 2.82. The number of sulfonamides is 1. The number of aromatic nitrogens is 2. The lowest BCUT2D eigenvalue weighted by atomic mass is 10.1. The summed E-state index contributed by atoms with van der Waals surface area (Å²) in [6, 6.07) is 7.08. The van der Waals surface area contributed by atoms with Crippen molar-refractivity contribution in [2.45, 2.75) is 11.3 Å².